The molecule has 3 unspecified atom stereocenters. The molecule has 25 heavy (non-hydrogen) atoms. The lowest BCUT2D eigenvalue weighted by Gasteiger charge is -2.32. The first-order valence-electron chi connectivity index (χ1n) is 9.23. The quantitative estimate of drug-likeness (QED) is 0.577. The second-order valence-electron chi connectivity index (χ2n) is 7.52. The van der Waals surface area contributed by atoms with Gasteiger partial charge in [-0.1, -0.05) is 26.8 Å². The Morgan fingerprint density at radius 2 is 2.16 bits per heavy atom. The minimum absolute atomic E-state index is 0.0855. The molecular formula is C20H32N2O3. The average molecular weight is 348 g/mol. The number of anilines is 2. The van der Waals surface area contributed by atoms with Crippen molar-refractivity contribution in [3.05, 3.63) is 23.8 Å². The Morgan fingerprint density at radius 3 is 2.80 bits per heavy atom. The molecule has 0 amide bonds. The Balaban J connectivity index is 1.97. The fourth-order valence-electron chi connectivity index (χ4n) is 3.39. The maximum Gasteiger partial charge on any atom is 0.306 e. The SMILES string of the molecule is COC(=O)CC(C)c1ccc(NC2CCOC(CC(C)C)C2)c(N)c1. The summed E-state index contributed by atoms with van der Waals surface area (Å²) in [4.78, 5) is 11.4. The summed E-state index contributed by atoms with van der Waals surface area (Å²) in [5.74, 6) is 0.526. The van der Waals surface area contributed by atoms with Crippen molar-refractivity contribution >= 4 is 17.3 Å². The maximum atomic E-state index is 11.4. The maximum absolute atomic E-state index is 11.4. The van der Waals surface area contributed by atoms with Crippen molar-refractivity contribution in [1.29, 1.82) is 0 Å². The third-order valence-electron chi connectivity index (χ3n) is 4.81. The first kappa shape index (κ1) is 19.6. The molecular weight excluding hydrogens is 316 g/mol. The number of benzene rings is 1. The predicted molar refractivity (Wildman–Crippen MR) is 102 cm³/mol. The molecule has 1 aromatic carbocycles. The number of esters is 1. The van der Waals surface area contributed by atoms with Crippen LogP contribution in [-0.2, 0) is 14.3 Å². The summed E-state index contributed by atoms with van der Waals surface area (Å²) in [5.41, 5.74) is 8.98. The van der Waals surface area contributed by atoms with E-state index in [1.807, 2.05) is 25.1 Å². The van der Waals surface area contributed by atoms with Crippen LogP contribution in [0.2, 0.25) is 0 Å². The van der Waals surface area contributed by atoms with Crippen molar-refractivity contribution in [2.75, 3.05) is 24.8 Å². The van der Waals surface area contributed by atoms with E-state index in [1.54, 1.807) is 0 Å². The number of methoxy groups -OCH3 is 1. The highest BCUT2D eigenvalue weighted by Crippen LogP contribution is 2.29. The van der Waals surface area contributed by atoms with Gasteiger partial charge in [-0.05, 0) is 48.8 Å². The zero-order valence-electron chi connectivity index (χ0n) is 15.9. The number of carbonyl (C=O) groups excluding carboxylic acids is 1. The summed E-state index contributed by atoms with van der Waals surface area (Å²) >= 11 is 0. The molecule has 1 aliphatic rings. The van der Waals surface area contributed by atoms with Gasteiger partial charge >= 0.3 is 5.97 Å². The van der Waals surface area contributed by atoms with Crippen LogP contribution >= 0.6 is 0 Å². The van der Waals surface area contributed by atoms with Crippen LogP contribution in [0, 0.1) is 5.92 Å². The Morgan fingerprint density at radius 1 is 1.40 bits per heavy atom. The lowest BCUT2D eigenvalue weighted by atomic mass is 9.95. The number of nitrogen functional groups attached to an aromatic ring is 1. The van der Waals surface area contributed by atoms with Crippen LogP contribution in [0.3, 0.4) is 0 Å². The highest BCUT2D eigenvalue weighted by molar-refractivity contribution is 5.71. The van der Waals surface area contributed by atoms with E-state index in [4.69, 9.17) is 15.2 Å². The minimum atomic E-state index is -0.202. The summed E-state index contributed by atoms with van der Waals surface area (Å²) in [6.45, 7) is 7.26. The smallest absolute Gasteiger partial charge is 0.306 e. The van der Waals surface area contributed by atoms with E-state index in [0.717, 1.165) is 42.8 Å². The van der Waals surface area contributed by atoms with Crippen molar-refractivity contribution in [2.24, 2.45) is 5.92 Å². The fraction of sp³-hybridized carbons (Fsp3) is 0.650. The van der Waals surface area contributed by atoms with Crippen LogP contribution in [0.4, 0.5) is 11.4 Å². The van der Waals surface area contributed by atoms with Crippen LogP contribution in [0.25, 0.3) is 0 Å². The molecule has 2 rings (SSSR count). The lowest BCUT2D eigenvalue weighted by Crippen LogP contribution is -2.34. The molecule has 0 spiro atoms. The number of nitrogens with two attached hydrogens (primary N) is 1. The summed E-state index contributed by atoms with van der Waals surface area (Å²) in [5, 5.41) is 3.57. The largest absolute Gasteiger partial charge is 0.469 e. The molecule has 3 N–H and O–H groups in total. The normalized spacial score (nSPS) is 21.8. The van der Waals surface area contributed by atoms with Gasteiger partial charge < -0.3 is 20.5 Å². The molecule has 5 heteroatoms. The summed E-state index contributed by atoms with van der Waals surface area (Å²) in [6, 6.07) is 6.40. The number of hydrogen-bond donors (Lipinski definition) is 2. The number of ether oxygens (including phenoxy) is 2. The molecule has 1 fully saturated rings. The van der Waals surface area contributed by atoms with Crippen LogP contribution < -0.4 is 11.1 Å². The number of rotatable bonds is 7. The number of carbonyl (C=O) groups is 1. The molecule has 140 valence electrons. The second kappa shape index (κ2) is 9.09. The minimum Gasteiger partial charge on any atom is -0.469 e. The highest BCUT2D eigenvalue weighted by Gasteiger charge is 2.23. The summed E-state index contributed by atoms with van der Waals surface area (Å²) in [7, 11) is 1.41. The monoisotopic (exact) mass is 348 g/mol. The van der Waals surface area contributed by atoms with Gasteiger partial charge in [-0.2, -0.15) is 0 Å². The third-order valence-corrected chi connectivity index (χ3v) is 4.81. The molecule has 0 bridgehead atoms. The van der Waals surface area contributed by atoms with Gasteiger partial charge in [0.15, 0.2) is 0 Å². The molecule has 1 saturated heterocycles. The van der Waals surface area contributed by atoms with E-state index in [-0.39, 0.29) is 11.9 Å². The van der Waals surface area contributed by atoms with Gasteiger partial charge in [0.1, 0.15) is 0 Å². The van der Waals surface area contributed by atoms with Crippen molar-refractivity contribution in [2.45, 2.75) is 64.5 Å². The first-order valence-corrected chi connectivity index (χ1v) is 9.23. The highest BCUT2D eigenvalue weighted by atomic mass is 16.5. The van der Waals surface area contributed by atoms with E-state index in [2.05, 4.69) is 19.2 Å². The van der Waals surface area contributed by atoms with E-state index < -0.39 is 0 Å². The molecule has 0 aliphatic carbocycles. The van der Waals surface area contributed by atoms with Crippen LogP contribution in [0.5, 0.6) is 0 Å². The first-order chi connectivity index (χ1) is 11.9. The molecule has 1 aromatic rings. The number of nitrogens with one attached hydrogen (secondary N) is 1. The zero-order valence-corrected chi connectivity index (χ0v) is 15.9. The van der Waals surface area contributed by atoms with Crippen molar-refractivity contribution in [3.8, 4) is 0 Å². The predicted octanol–water partition coefficient (Wildman–Crippen LogP) is 3.94. The Labute approximate surface area is 151 Å². The van der Waals surface area contributed by atoms with E-state index in [1.165, 1.54) is 7.11 Å². The van der Waals surface area contributed by atoms with Crippen molar-refractivity contribution in [1.82, 2.24) is 0 Å². The number of hydrogen-bond acceptors (Lipinski definition) is 5. The van der Waals surface area contributed by atoms with Gasteiger partial charge in [0.05, 0.1) is 31.0 Å². The molecule has 1 aliphatic heterocycles. The van der Waals surface area contributed by atoms with Crippen LogP contribution in [0.15, 0.2) is 18.2 Å². The summed E-state index contributed by atoms with van der Waals surface area (Å²) in [6.07, 6.45) is 3.79. The van der Waals surface area contributed by atoms with Gasteiger partial charge in [-0.15, -0.1) is 0 Å². The Bertz CT molecular complexity index is 574. The average Bonchev–Trinajstić information content (AvgIpc) is 2.56. The van der Waals surface area contributed by atoms with E-state index in [0.29, 0.717) is 24.5 Å². The molecule has 0 radical (unpaired) electrons. The molecule has 1 heterocycles. The lowest BCUT2D eigenvalue weighted by molar-refractivity contribution is -0.140. The van der Waals surface area contributed by atoms with Crippen LogP contribution in [0.1, 0.15) is 57.9 Å². The molecule has 0 aromatic heterocycles. The van der Waals surface area contributed by atoms with E-state index >= 15 is 0 Å². The Kier molecular flexibility index (Phi) is 7.12. The van der Waals surface area contributed by atoms with Gasteiger partial charge in [-0.25, -0.2) is 0 Å². The van der Waals surface area contributed by atoms with E-state index in [9.17, 15) is 4.79 Å². The fourth-order valence-corrected chi connectivity index (χ4v) is 3.39. The van der Waals surface area contributed by atoms with Gasteiger partial charge in [-0.3, -0.25) is 4.79 Å². The van der Waals surface area contributed by atoms with Gasteiger partial charge in [0.25, 0.3) is 0 Å². The standard InChI is InChI=1S/C20H32N2O3/c1-13(2)9-17-12-16(7-8-25-17)22-19-6-5-15(11-18(19)21)14(3)10-20(23)24-4/h5-6,11,13-14,16-17,22H,7-10,12,21H2,1-4H3. The summed E-state index contributed by atoms with van der Waals surface area (Å²) < 4.78 is 10.6. The van der Waals surface area contributed by atoms with Crippen molar-refractivity contribution in [3.63, 3.8) is 0 Å². The molecule has 5 nitrogen and oxygen atoms in total. The van der Waals surface area contributed by atoms with Gasteiger partial charge in [0, 0.05) is 12.6 Å². The van der Waals surface area contributed by atoms with Crippen LogP contribution in [-0.4, -0.2) is 31.8 Å². The zero-order chi connectivity index (χ0) is 18.4. The third kappa shape index (κ3) is 5.92. The molecule has 3 atom stereocenters. The molecule has 0 saturated carbocycles. The second-order valence-corrected chi connectivity index (χ2v) is 7.52. The Hall–Kier alpha value is -1.75. The topological polar surface area (TPSA) is 73.6 Å². The van der Waals surface area contributed by atoms with Crippen molar-refractivity contribution < 1.29 is 14.3 Å². The van der Waals surface area contributed by atoms with Gasteiger partial charge in [0.2, 0.25) is 0 Å².